The van der Waals surface area contributed by atoms with Crippen molar-refractivity contribution in [3.63, 3.8) is 0 Å². The lowest BCUT2D eigenvalue weighted by molar-refractivity contribution is -0.134. The first-order chi connectivity index (χ1) is 14.8. The second-order valence-electron chi connectivity index (χ2n) is 8.30. The fourth-order valence-corrected chi connectivity index (χ4v) is 4.59. The molecular weight excluding hydrogens is 421 g/mol. The van der Waals surface area contributed by atoms with Gasteiger partial charge in [0.15, 0.2) is 11.6 Å². The Hall–Kier alpha value is -2.73. The monoisotopic (exact) mass is 443 g/mol. The van der Waals surface area contributed by atoms with Crippen LogP contribution in [0.5, 0.6) is 5.75 Å². The number of amides is 1. The van der Waals surface area contributed by atoms with Gasteiger partial charge in [-0.05, 0) is 48.9 Å². The summed E-state index contributed by atoms with van der Waals surface area (Å²) in [7, 11) is 0. The van der Waals surface area contributed by atoms with Crippen molar-refractivity contribution in [2.45, 2.75) is 44.6 Å². The Kier molecular flexibility index (Phi) is 5.84. The molecule has 4 rings (SSSR count). The number of hydrogen-bond donors (Lipinski definition) is 0. The van der Waals surface area contributed by atoms with E-state index in [1.807, 2.05) is 6.92 Å². The smallest absolute Gasteiger partial charge is 0.223 e. The van der Waals surface area contributed by atoms with Crippen LogP contribution in [0.4, 0.5) is 4.39 Å². The van der Waals surface area contributed by atoms with Gasteiger partial charge < -0.3 is 9.64 Å². The first-order valence-corrected chi connectivity index (χ1v) is 10.7. The number of benzene rings is 2. The first kappa shape index (κ1) is 21.5. The van der Waals surface area contributed by atoms with E-state index in [-0.39, 0.29) is 36.7 Å². The third-order valence-corrected chi connectivity index (χ3v) is 6.32. The summed E-state index contributed by atoms with van der Waals surface area (Å²) in [6.07, 6.45) is 1.55. The third-order valence-electron chi connectivity index (χ3n) is 6.10. The zero-order valence-electron chi connectivity index (χ0n) is 17.2. The summed E-state index contributed by atoms with van der Waals surface area (Å²) in [4.78, 5) is 39.3. The van der Waals surface area contributed by atoms with Crippen molar-refractivity contribution in [1.29, 1.82) is 0 Å². The molecule has 2 heterocycles. The van der Waals surface area contributed by atoms with Crippen LogP contribution in [0.3, 0.4) is 0 Å². The first-order valence-electron chi connectivity index (χ1n) is 10.4. The fraction of sp³-hybridized carbons (Fsp3) is 0.375. The maximum atomic E-state index is 13.0. The molecule has 162 valence electrons. The summed E-state index contributed by atoms with van der Waals surface area (Å²) < 4.78 is 19.3. The minimum Gasteiger partial charge on any atom is -0.486 e. The maximum Gasteiger partial charge on any atom is 0.223 e. The van der Waals surface area contributed by atoms with Crippen LogP contribution in [0, 0.1) is 12.7 Å². The average molecular weight is 444 g/mol. The van der Waals surface area contributed by atoms with E-state index >= 15 is 0 Å². The number of halogens is 2. The Labute approximate surface area is 185 Å². The number of piperidine rings is 1. The molecule has 0 bridgehead atoms. The molecule has 2 aromatic carbocycles. The Morgan fingerprint density at radius 1 is 1.13 bits per heavy atom. The van der Waals surface area contributed by atoms with Crippen LogP contribution in [-0.2, 0) is 4.79 Å². The average Bonchev–Trinajstić information content (AvgIpc) is 2.74. The summed E-state index contributed by atoms with van der Waals surface area (Å²) in [5, 5.41) is 0.514. The lowest BCUT2D eigenvalue weighted by Gasteiger charge is -2.44. The number of Topliss-reactive ketones (excluding diaryl/α,β-unsaturated/α-hetero) is 2. The summed E-state index contributed by atoms with van der Waals surface area (Å²) >= 11 is 6.08. The Morgan fingerprint density at radius 3 is 2.48 bits per heavy atom. The topological polar surface area (TPSA) is 63.7 Å². The van der Waals surface area contributed by atoms with Gasteiger partial charge >= 0.3 is 0 Å². The van der Waals surface area contributed by atoms with E-state index in [0.717, 1.165) is 5.56 Å². The minimum atomic E-state index is -0.608. The molecule has 2 aliphatic heterocycles. The number of ether oxygens (including phenoxy) is 1. The van der Waals surface area contributed by atoms with E-state index in [2.05, 4.69) is 0 Å². The lowest BCUT2D eigenvalue weighted by atomic mass is 9.82. The van der Waals surface area contributed by atoms with Gasteiger partial charge in [-0.2, -0.15) is 0 Å². The van der Waals surface area contributed by atoms with Crippen LogP contribution in [-0.4, -0.2) is 41.1 Å². The predicted molar refractivity (Wildman–Crippen MR) is 114 cm³/mol. The molecule has 0 radical (unpaired) electrons. The fourth-order valence-electron chi connectivity index (χ4n) is 4.31. The van der Waals surface area contributed by atoms with Crippen LogP contribution >= 0.6 is 11.6 Å². The lowest BCUT2D eigenvalue weighted by Crippen LogP contribution is -2.52. The number of rotatable bonds is 4. The molecule has 7 heteroatoms. The molecule has 2 aromatic rings. The van der Waals surface area contributed by atoms with Gasteiger partial charge in [0.05, 0.1) is 12.0 Å². The third kappa shape index (κ3) is 4.49. The molecule has 0 unspecified atom stereocenters. The van der Waals surface area contributed by atoms with Crippen molar-refractivity contribution in [3.05, 3.63) is 63.9 Å². The number of nitrogens with zero attached hydrogens (tertiary/aromatic N) is 1. The number of hydrogen-bond acceptors (Lipinski definition) is 4. The highest BCUT2D eigenvalue weighted by Gasteiger charge is 2.44. The molecule has 1 spiro atoms. The molecule has 5 nitrogen and oxygen atoms in total. The van der Waals surface area contributed by atoms with Crippen molar-refractivity contribution < 1.29 is 23.5 Å². The summed E-state index contributed by atoms with van der Waals surface area (Å²) in [5.41, 5.74) is 1.14. The maximum absolute atomic E-state index is 13.0. The van der Waals surface area contributed by atoms with Gasteiger partial charge in [-0.25, -0.2) is 4.39 Å². The normalized spacial score (nSPS) is 17.3. The number of fused-ring (bicyclic) bond motifs is 1. The van der Waals surface area contributed by atoms with Gasteiger partial charge in [-0.15, -0.1) is 0 Å². The molecule has 1 amide bonds. The summed E-state index contributed by atoms with van der Waals surface area (Å²) in [6, 6.07) is 8.75. The van der Waals surface area contributed by atoms with Crippen LogP contribution in [0.15, 0.2) is 36.4 Å². The molecular formula is C24H23ClFNO4. The van der Waals surface area contributed by atoms with Gasteiger partial charge in [0.2, 0.25) is 5.91 Å². The van der Waals surface area contributed by atoms with E-state index in [1.165, 1.54) is 24.3 Å². The highest BCUT2D eigenvalue weighted by molar-refractivity contribution is 6.31. The van der Waals surface area contributed by atoms with Crippen molar-refractivity contribution in [1.82, 2.24) is 4.90 Å². The number of ketones is 2. The van der Waals surface area contributed by atoms with Crippen LogP contribution in [0.2, 0.25) is 5.02 Å². The highest BCUT2D eigenvalue weighted by atomic mass is 35.5. The number of likely N-dealkylation sites (tertiary alicyclic amines) is 1. The minimum absolute atomic E-state index is 0.0107. The molecule has 0 saturated carbocycles. The van der Waals surface area contributed by atoms with E-state index in [4.69, 9.17) is 16.3 Å². The Bertz CT molecular complexity index is 1040. The van der Waals surface area contributed by atoms with Gasteiger partial charge in [0, 0.05) is 49.4 Å². The van der Waals surface area contributed by atoms with Crippen LogP contribution < -0.4 is 4.74 Å². The predicted octanol–water partition coefficient (Wildman–Crippen LogP) is 4.78. The van der Waals surface area contributed by atoms with E-state index < -0.39 is 11.4 Å². The quantitative estimate of drug-likeness (QED) is 0.638. The zero-order valence-corrected chi connectivity index (χ0v) is 18.0. The van der Waals surface area contributed by atoms with E-state index in [9.17, 15) is 18.8 Å². The van der Waals surface area contributed by atoms with Gasteiger partial charge in [0.25, 0.3) is 0 Å². The van der Waals surface area contributed by atoms with E-state index in [0.29, 0.717) is 47.8 Å². The number of aryl methyl sites for hydroxylation is 1. The number of carbonyl (C=O) groups is 3. The van der Waals surface area contributed by atoms with Crippen molar-refractivity contribution in [2.75, 3.05) is 13.1 Å². The molecule has 0 N–H and O–H groups in total. The Morgan fingerprint density at radius 2 is 1.81 bits per heavy atom. The molecule has 1 saturated heterocycles. The van der Waals surface area contributed by atoms with Crippen LogP contribution in [0.1, 0.15) is 58.4 Å². The van der Waals surface area contributed by atoms with Crippen molar-refractivity contribution >= 4 is 29.1 Å². The summed E-state index contributed by atoms with van der Waals surface area (Å²) in [6.45, 7) is 2.81. The van der Waals surface area contributed by atoms with Gasteiger partial charge in [0.1, 0.15) is 17.2 Å². The second kappa shape index (κ2) is 8.42. The molecule has 2 aliphatic rings. The van der Waals surface area contributed by atoms with Crippen LogP contribution in [0.25, 0.3) is 0 Å². The molecule has 1 fully saturated rings. The Balaban J connectivity index is 1.35. The van der Waals surface area contributed by atoms with Crippen molar-refractivity contribution in [3.8, 4) is 5.75 Å². The summed E-state index contributed by atoms with van der Waals surface area (Å²) in [5.74, 6) is -0.0920. The second-order valence-corrected chi connectivity index (χ2v) is 8.73. The molecule has 31 heavy (non-hydrogen) atoms. The number of carbonyl (C=O) groups excluding carboxylic acids is 3. The zero-order chi connectivity index (χ0) is 22.2. The van der Waals surface area contributed by atoms with Gasteiger partial charge in [-0.1, -0.05) is 11.6 Å². The largest absolute Gasteiger partial charge is 0.486 e. The van der Waals surface area contributed by atoms with E-state index in [1.54, 1.807) is 17.0 Å². The SMILES string of the molecule is Cc1cc(Cl)cc2c1OC1(CCN(C(=O)CCC(=O)c3ccc(F)cc3)CC1)CC2=O. The molecule has 0 atom stereocenters. The highest BCUT2D eigenvalue weighted by Crippen LogP contribution is 2.42. The molecule has 0 aliphatic carbocycles. The molecule has 0 aromatic heterocycles. The van der Waals surface area contributed by atoms with Crippen molar-refractivity contribution in [2.24, 2.45) is 0 Å². The standard InChI is InChI=1S/C24H23ClFNO4/c1-15-12-17(25)13-19-21(29)14-24(31-23(15)19)8-10-27(11-9-24)22(30)7-6-20(28)16-2-4-18(26)5-3-16/h2-5,12-13H,6-11,14H2,1H3. The van der Waals surface area contributed by atoms with Gasteiger partial charge in [-0.3, -0.25) is 14.4 Å².